The Balaban J connectivity index is 0.000000408. The first kappa shape index (κ1) is 36.4. The number of ether oxygens (including phenoxy) is 3. The van der Waals surface area contributed by atoms with Crippen molar-refractivity contribution in [3.8, 4) is 0 Å². The molecule has 0 amide bonds. The van der Waals surface area contributed by atoms with Gasteiger partial charge in [0.1, 0.15) is 26.3 Å². The molecular weight excluding hydrogens is 510 g/mol. The Morgan fingerprint density at radius 3 is 1.88 bits per heavy atom. The first-order valence-electron chi connectivity index (χ1n) is 16.2. The number of carbonyl (C=O) groups is 3. The Hall–Kier alpha value is -1.67. The van der Waals surface area contributed by atoms with Crippen molar-refractivity contribution in [3.63, 3.8) is 0 Å². The molecule has 1 aliphatic heterocycles. The van der Waals surface area contributed by atoms with Crippen LogP contribution in [0, 0.1) is 17.3 Å². The predicted octanol–water partition coefficient (Wildman–Crippen LogP) is 3.89. The van der Waals surface area contributed by atoms with Crippen LogP contribution in [-0.4, -0.2) is 64.0 Å². The number of morpholine rings is 1. The third-order valence-electron chi connectivity index (χ3n) is 8.45. The van der Waals surface area contributed by atoms with Crippen molar-refractivity contribution < 1.29 is 38.6 Å². The molecule has 234 valence electrons. The van der Waals surface area contributed by atoms with Crippen LogP contribution in [0.15, 0.2) is 0 Å². The maximum Gasteiger partial charge on any atom is 0.311 e. The van der Waals surface area contributed by atoms with Crippen LogP contribution in [0.2, 0.25) is 0 Å². The van der Waals surface area contributed by atoms with Gasteiger partial charge in [0.15, 0.2) is 0 Å². The summed E-state index contributed by atoms with van der Waals surface area (Å²) < 4.78 is 15.5. The van der Waals surface area contributed by atoms with Crippen LogP contribution >= 0.6 is 0 Å². The van der Waals surface area contributed by atoms with Crippen LogP contribution in [0.4, 0.5) is 0 Å². The molecule has 0 radical (unpaired) electrons. The van der Waals surface area contributed by atoms with E-state index in [0.717, 1.165) is 26.1 Å². The number of nitrogens with one attached hydrogen (secondary N) is 1. The van der Waals surface area contributed by atoms with Gasteiger partial charge < -0.3 is 29.0 Å². The molecule has 2 unspecified atom stereocenters. The van der Waals surface area contributed by atoms with Gasteiger partial charge in [0.25, 0.3) is 0 Å². The summed E-state index contributed by atoms with van der Waals surface area (Å²) >= 11 is 0. The minimum atomic E-state index is -1.20. The van der Waals surface area contributed by atoms with Crippen molar-refractivity contribution in [1.29, 1.82) is 0 Å². The molecule has 0 bridgehead atoms. The highest BCUT2D eigenvalue weighted by Gasteiger charge is 2.33. The fourth-order valence-electron chi connectivity index (χ4n) is 5.19. The minimum absolute atomic E-state index is 0.0172. The van der Waals surface area contributed by atoms with Crippen LogP contribution in [0.25, 0.3) is 0 Å². The summed E-state index contributed by atoms with van der Waals surface area (Å²) in [4.78, 5) is 36.5. The molecule has 0 aromatic carbocycles. The minimum Gasteiger partial charge on any atom is -0.550 e. The fourth-order valence-corrected chi connectivity index (χ4v) is 5.19. The van der Waals surface area contributed by atoms with E-state index < -0.39 is 29.2 Å². The van der Waals surface area contributed by atoms with Crippen molar-refractivity contribution in [3.05, 3.63) is 0 Å². The van der Waals surface area contributed by atoms with Gasteiger partial charge in [-0.2, -0.15) is 0 Å². The van der Waals surface area contributed by atoms with E-state index in [4.69, 9.17) is 14.2 Å². The molecule has 8 heteroatoms. The van der Waals surface area contributed by atoms with Gasteiger partial charge >= 0.3 is 11.9 Å². The van der Waals surface area contributed by atoms with E-state index in [1.54, 1.807) is 18.7 Å². The second-order valence-electron chi connectivity index (χ2n) is 12.2. The summed E-state index contributed by atoms with van der Waals surface area (Å²) in [7, 11) is 0. The monoisotopic (exact) mass is 569 g/mol. The van der Waals surface area contributed by atoms with Crippen molar-refractivity contribution in [2.24, 2.45) is 17.3 Å². The van der Waals surface area contributed by atoms with Gasteiger partial charge in [-0.1, -0.05) is 78.1 Å². The van der Waals surface area contributed by atoms with E-state index in [-0.39, 0.29) is 19.2 Å². The van der Waals surface area contributed by atoms with Crippen molar-refractivity contribution in [2.75, 3.05) is 46.1 Å². The molecule has 1 aliphatic carbocycles. The van der Waals surface area contributed by atoms with E-state index in [0.29, 0.717) is 19.3 Å². The molecule has 0 aromatic heterocycles. The smallest absolute Gasteiger partial charge is 0.311 e. The zero-order valence-electron chi connectivity index (χ0n) is 26.1. The van der Waals surface area contributed by atoms with E-state index >= 15 is 0 Å². The van der Waals surface area contributed by atoms with Crippen molar-refractivity contribution >= 4 is 17.9 Å². The van der Waals surface area contributed by atoms with Gasteiger partial charge in [-0.15, -0.1) is 0 Å². The number of carboxylic acids is 1. The molecule has 1 heterocycles. The molecule has 0 aromatic rings. The van der Waals surface area contributed by atoms with E-state index in [2.05, 4.69) is 6.92 Å². The zero-order valence-corrected chi connectivity index (χ0v) is 26.1. The Morgan fingerprint density at radius 1 is 0.800 bits per heavy atom. The quantitative estimate of drug-likeness (QED) is 0.197. The molecule has 1 saturated heterocycles. The first-order chi connectivity index (χ1) is 19.2. The number of hydrogen-bond donors (Lipinski definition) is 1. The third kappa shape index (κ3) is 15.9. The van der Waals surface area contributed by atoms with Crippen LogP contribution in [0.1, 0.15) is 124 Å². The van der Waals surface area contributed by atoms with Crippen molar-refractivity contribution in [1.82, 2.24) is 0 Å². The second-order valence-corrected chi connectivity index (χ2v) is 12.2. The number of esters is 2. The largest absolute Gasteiger partial charge is 0.550 e. The lowest BCUT2D eigenvalue weighted by Gasteiger charge is -2.30. The summed E-state index contributed by atoms with van der Waals surface area (Å²) in [5, 5.41) is 11.0. The summed E-state index contributed by atoms with van der Waals surface area (Å²) in [5.74, 6) is -3.50. The molecule has 1 N–H and O–H groups in total. The van der Waals surface area contributed by atoms with Crippen molar-refractivity contribution in [2.45, 2.75) is 124 Å². The average Bonchev–Trinajstić information content (AvgIpc) is 2.96. The van der Waals surface area contributed by atoms with Gasteiger partial charge in [-0.3, -0.25) is 9.59 Å². The Labute approximate surface area is 243 Å². The number of carbonyl (C=O) groups excluding carboxylic acids is 3. The lowest BCUT2D eigenvalue weighted by Crippen LogP contribution is -3.14. The lowest BCUT2D eigenvalue weighted by molar-refractivity contribution is -0.908. The standard InChI is InChI=1S/C16H33NO.C16H26O6/c1-2-3-4-5-6-7-8-9-10-11-12-17-13-15-18-16-14-17;1-4-16(2,3)15(20)22-10-9-21-14(19)12-8-6-5-7-11(12)13(17)18/h2-16H2,1H3;11-12H,4-10H2,1-3H3,(H,17,18). The number of hydrogen-bond acceptors (Lipinski definition) is 7. The van der Waals surface area contributed by atoms with E-state index in [1.165, 1.54) is 83.8 Å². The normalized spacial score (nSPS) is 19.8. The molecule has 1 saturated carbocycles. The number of carboxylic acid groups (broad SMARTS) is 1. The number of unbranched alkanes of at least 4 members (excludes halogenated alkanes) is 9. The topological polar surface area (TPSA) is 106 Å². The molecule has 0 spiro atoms. The number of aliphatic carboxylic acids is 1. The number of quaternary nitrogens is 1. The van der Waals surface area contributed by atoms with Crippen LogP contribution in [0.3, 0.4) is 0 Å². The Morgan fingerprint density at radius 2 is 1.32 bits per heavy atom. The molecule has 40 heavy (non-hydrogen) atoms. The van der Waals surface area contributed by atoms with E-state index in [9.17, 15) is 19.5 Å². The maximum absolute atomic E-state index is 12.0. The SMILES string of the molecule is CCC(C)(C)C(=O)OCCOC(=O)C1CCCCC1C(=O)[O-].CCCCCCCCCCCC[NH+]1CCOCC1. The highest BCUT2D eigenvalue weighted by Crippen LogP contribution is 2.30. The maximum atomic E-state index is 12.0. The summed E-state index contributed by atoms with van der Waals surface area (Å²) in [6.45, 7) is 13.5. The van der Waals surface area contributed by atoms with Crippen LogP contribution in [0.5, 0.6) is 0 Å². The molecule has 2 aliphatic rings. The highest BCUT2D eigenvalue weighted by atomic mass is 16.6. The van der Waals surface area contributed by atoms with Gasteiger partial charge in [-0.05, 0) is 46.0 Å². The predicted molar refractivity (Wildman–Crippen MR) is 155 cm³/mol. The third-order valence-corrected chi connectivity index (χ3v) is 8.45. The van der Waals surface area contributed by atoms with Gasteiger partial charge in [0, 0.05) is 11.9 Å². The summed E-state index contributed by atoms with van der Waals surface area (Å²) in [5.41, 5.74) is -0.562. The Kier molecular flexibility index (Phi) is 20.0. The summed E-state index contributed by atoms with van der Waals surface area (Å²) in [6, 6.07) is 0. The highest BCUT2D eigenvalue weighted by molar-refractivity contribution is 5.80. The van der Waals surface area contributed by atoms with Crippen LogP contribution in [-0.2, 0) is 28.6 Å². The lowest BCUT2D eigenvalue weighted by atomic mass is 9.79. The Bertz CT molecular complexity index is 691. The van der Waals surface area contributed by atoms with Crippen LogP contribution < -0.4 is 10.0 Å². The molecular formula is C32H59NO7. The molecule has 2 rings (SSSR count). The average molecular weight is 570 g/mol. The summed E-state index contributed by atoms with van der Waals surface area (Å²) in [6.07, 6.45) is 17.6. The first-order valence-corrected chi connectivity index (χ1v) is 16.2. The van der Waals surface area contributed by atoms with Gasteiger partial charge in [0.2, 0.25) is 0 Å². The zero-order chi connectivity index (χ0) is 29.6. The molecule has 2 fully saturated rings. The van der Waals surface area contributed by atoms with Gasteiger partial charge in [-0.25, -0.2) is 0 Å². The molecule has 2 atom stereocenters. The van der Waals surface area contributed by atoms with E-state index in [1.807, 2.05) is 6.92 Å². The second kappa shape index (κ2) is 22.0. The number of rotatable bonds is 18. The molecule has 8 nitrogen and oxygen atoms in total. The van der Waals surface area contributed by atoms with Gasteiger partial charge in [0.05, 0.1) is 31.1 Å². The fraction of sp³-hybridized carbons (Fsp3) is 0.906.